The summed E-state index contributed by atoms with van der Waals surface area (Å²) in [6.07, 6.45) is -0.238. The number of rotatable bonds is 16. The van der Waals surface area contributed by atoms with Crippen LogP contribution in [0.15, 0.2) is 59.5 Å². The molecule has 0 saturated carbocycles. The number of carbonyl (C=O) groups is 2. The molecular weight excluding hydrogens is 638 g/mol. The summed E-state index contributed by atoms with van der Waals surface area (Å²) in [7, 11) is -0.801. The second kappa shape index (κ2) is 16.3. The van der Waals surface area contributed by atoms with E-state index in [1.54, 1.807) is 14.1 Å². The van der Waals surface area contributed by atoms with Crippen LogP contribution in [0.25, 0.3) is 0 Å². The van der Waals surface area contributed by atoms with Gasteiger partial charge in [0, 0.05) is 45.3 Å². The van der Waals surface area contributed by atoms with Gasteiger partial charge < -0.3 is 35.6 Å². The van der Waals surface area contributed by atoms with E-state index in [0.717, 1.165) is 12.0 Å². The van der Waals surface area contributed by atoms with E-state index in [1.165, 1.54) is 38.4 Å². The van der Waals surface area contributed by atoms with Crippen LogP contribution in [0.4, 0.5) is 15.3 Å². The minimum Gasteiger partial charge on any atom is -0.465 e. The van der Waals surface area contributed by atoms with Crippen molar-refractivity contribution in [1.29, 1.82) is 0 Å². The maximum Gasteiger partial charge on any atom is 0.407 e. The van der Waals surface area contributed by atoms with E-state index in [2.05, 4.69) is 5.32 Å². The zero-order valence-electron chi connectivity index (χ0n) is 28.3. The molecular formula is C34H51N5O8S. The Balaban J connectivity index is 1.61. The maximum atomic E-state index is 14.2. The molecule has 48 heavy (non-hydrogen) atoms. The van der Waals surface area contributed by atoms with Crippen molar-refractivity contribution < 1.29 is 37.7 Å². The Morgan fingerprint density at radius 3 is 2.40 bits per heavy atom. The van der Waals surface area contributed by atoms with Crippen LogP contribution in [0.2, 0.25) is 0 Å². The van der Waals surface area contributed by atoms with Crippen molar-refractivity contribution in [2.45, 2.75) is 75.3 Å². The Kier molecular flexibility index (Phi) is 12.7. The summed E-state index contributed by atoms with van der Waals surface area (Å²) in [5, 5.41) is 25.4. The highest BCUT2D eigenvalue weighted by Gasteiger charge is 2.49. The van der Waals surface area contributed by atoms with Crippen LogP contribution >= 0.6 is 0 Å². The number of carbonyl (C=O) groups excluding carboxylic acids is 1. The molecule has 0 radical (unpaired) electrons. The first kappa shape index (κ1) is 37.4. The van der Waals surface area contributed by atoms with Gasteiger partial charge in [-0.1, -0.05) is 50.6 Å². The van der Waals surface area contributed by atoms with Crippen molar-refractivity contribution >= 4 is 27.8 Å². The number of amides is 3. The van der Waals surface area contributed by atoms with Gasteiger partial charge in [0.2, 0.25) is 10.0 Å². The van der Waals surface area contributed by atoms with Gasteiger partial charge in [-0.05, 0) is 60.9 Å². The second-order valence-electron chi connectivity index (χ2n) is 13.7. The molecule has 2 saturated heterocycles. The lowest BCUT2D eigenvalue weighted by Gasteiger charge is -2.40. The van der Waals surface area contributed by atoms with Gasteiger partial charge in [-0.2, -0.15) is 4.31 Å². The number of hydrogen-bond donors (Lipinski definition) is 4. The fourth-order valence-electron chi connectivity index (χ4n) is 6.54. The van der Waals surface area contributed by atoms with Crippen LogP contribution < -0.4 is 11.1 Å². The Hall–Kier alpha value is -3.43. The third kappa shape index (κ3) is 9.59. The van der Waals surface area contributed by atoms with Gasteiger partial charge in [0.25, 0.3) is 0 Å². The second-order valence-corrected chi connectivity index (χ2v) is 15.7. The molecule has 3 amide bonds. The lowest BCUT2D eigenvalue weighted by Crippen LogP contribution is -2.58. The summed E-state index contributed by atoms with van der Waals surface area (Å²) in [4.78, 5) is 27.6. The largest absolute Gasteiger partial charge is 0.465 e. The highest BCUT2D eigenvalue weighted by atomic mass is 32.2. The summed E-state index contributed by atoms with van der Waals surface area (Å²) in [6.45, 7) is 4.72. The van der Waals surface area contributed by atoms with E-state index in [0.29, 0.717) is 38.1 Å². The van der Waals surface area contributed by atoms with Gasteiger partial charge in [0.05, 0.1) is 36.3 Å². The molecule has 5 N–H and O–H groups in total. The number of anilines is 1. The molecule has 0 aromatic heterocycles. The standard InChI is InChI=1S/C34H51N5O8S/c1-34(2,17-8-9-18-36-32(41)37(3)4)23-38(48(44,45)26-14-12-25(35)13-15-26)21-30(40)28(20-24-10-6-5-7-11-24)39(33(42)43)29-22-47-31-27(29)16-19-46-31/h5-7,10-15,27-31,40H,8-9,16-23,35H2,1-4H3,(H,36,41)(H,42,43)/t27-,28-,29-,30+,31+/m0/s1. The number of nitrogens with two attached hydrogens (primary N) is 1. The van der Waals surface area contributed by atoms with Crippen molar-refractivity contribution in [3.05, 3.63) is 60.2 Å². The van der Waals surface area contributed by atoms with Crippen molar-refractivity contribution in [3.8, 4) is 0 Å². The molecule has 2 aromatic rings. The van der Waals surface area contributed by atoms with Crippen molar-refractivity contribution in [2.75, 3.05) is 52.7 Å². The number of benzene rings is 2. The zero-order valence-corrected chi connectivity index (χ0v) is 29.1. The number of fused-ring (bicyclic) bond motifs is 1. The molecule has 2 aromatic carbocycles. The SMILES string of the molecule is CN(C)C(=O)NCCCCC(C)(C)CN(C[C@@H](O)[C@H](Cc1ccccc1)N(C(=O)O)[C@H]1CO[C@H]2OCC[C@H]21)S(=O)(=O)c1ccc(N)cc1. The first-order chi connectivity index (χ1) is 22.7. The third-order valence-electron chi connectivity index (χ3n) is 9.15. The van der Waals surface area contributed by atoms with Crippen LogP contribution in [0.1, 0.15) is 45.1 Å². The van der Waals surface area contributed by atoms with E-state index in [-0.39, 0.29) is 43.0 Å². The molecule has 2 fully saturated rings. The number of aliphatic hydroxyl groups is 1. The first-order valence-electron chi connectivity index (χ1n) is 16.5. The van der Waals surface area contributed by atoms with Gasteiger partial charge in [-0.15, -0.1) is 0 Å². The van der Waals surface area contributed by atoms with Gasteiger partial charge in [0.1, 0.15) is 0 Å². The molecule has 0 aliphatic carbocycles. The normalized spacial score (nSPS) is 20.7. The molecule has 5 atom stereocenters. The third-order valence-corrected chi connectivity index (χ3v) is 11.0. The molecule has 14 heteroatoms. The molecule has 2 aliphatic heterocycles. The summed E-state index contributed by atoms with van der Waals surface area (Å²) in [5.74, 6) is -0.192. The molecule has 266 valence electrons. The van der Waals surface area contributed by atoms with Gasteiger partial charge in [-0.25, -0.2) is 18.0 Å². The molecule has 0 spiro atoms. The molecule has 2 heterocycles. The van der Waals surface area contributed by atoms with Gasteiger partial charge in [-0.3, -0.25) is 4.90 Å². The average molecular weight is 690 g/mol. The Morgan fingerprint density at radius 2 is 1.75 bits per heavy atom. The number of urea groups is 1. The monoisotopic (exact) mass is 689 g/mol. The highest BCUT2D eigenvalue weighted by molar-refractivity contribution is 7.89. The van der Waals surface area contributed by atoms with E-state index < -0.39 is 46.0 Å². The Labute approximate surface area is 284 Å². The lowest BCUT2D eigenvalue weighted by atomic mass is 9.87. The number of nitrogens with one attached hydrogen (secondary N) is 1. The summed E-state index contributed by atoms with van der Waals surface area (Å²) in [6, 6.07) is 13.4. The number of aliphatic hydroxyl groups excluding tert-OH is 1. The number of ether oxygens (including phenoxy) is 2. The topological polar surface area (TPSA) is 175 Å². The molecule has 4 rings (SSSR count). The number of unbranched alkanes of at least 4 members (excludes halogenated alkanes) is 1. The number of sulfonamides is 1. The van der Waals surface area contributed by atoms with Crippen LogP contribution in [-0.2, 0) is 25.9 Å². The maximum absolute atomic E-state index is 14.2. The average Bonchev–Trinajstić information content (AvgIpc) is 3.65. The Morgan fingerprint density at radius 1 is 1.06 bits per heavy atom. The smallest absolute Gasteiger partial charge is 0.407 e. The van der Waals surface area contributed by atoms with Crippen LogP contribution in [-0.4, -0.2) is 116 Å². The van der Waals surface area contributed by atoms with Crippen molar-refractivity contribution in [2.24, 2.45) is 11.3 Å². The summed E-state index contributed by atoms with van der Waals surface area (Å²) < 4.78 is 41.2. The lowest BCUT2D eigenvalue weighted by molar-refractivity contribution is -0.0906. The van der Waals surface area contributed by atoms with E-state index in [9.17, 15) is 28.2 Å². The first-order valence-corrected chi connectivity index (χ1v) is 17.9. The molecule has 0 unspecified atom stereocenters. The highest BCUT2D eigenvalue weighted by Crippen LogP contribution is 2.36. The number of nitrogens with zero attached hydrogens (tertiary/aromatic N) is 3. The van der Waals surface area contributed by atoms with Crippen LogP contribution in [0.3, 0.4) is 0 Å². The quantitative estimate of drug-likeness (QED) is 0.152. The zero-order chi connectivity index (χ0) is 35.1. The van der Waals surface area contributed by atoms with E-state index in [4.69, 9.17) is 15.2 Å². The van der Waals surface area contributed by atoms with Gasteiger partial charge in [0.15, 0.2) is 6.29 Å². The number of nitrogen functional groups attached to an aromatic ring is 1. The number of hydrogen-bond acceptors (Lipinski definition) is 8. The predicted octanol–water partition coefficient (Wildman–Crippen LogP) is 3.44. The molecule has 0 bridgehead atoms. The van der Waals surface area contributed by atoms with Crippen molar-refractivity contribution in [1.82, 2.24) is 19.4 Å². The Bertz CT molecular complexity index is 1460. The minimum atomic E-state index is -4.14. The summed E-state index contributed by atoms with van der Waals surface area (Å²) in [5.41, 5.74) is 6.55. The van der Waals surface area contributed by atoms with Crippen molar-refractivity contribution in [3.63, 3.8) is 0 Å². The predicted molar refractivity (Wildman–Crippen MR) is 182 cm³/mol. The fourth-order valence-corrected chi connectivity index (χ4v) is 8.19. The van der Waals surface area contributed by atoms with Crippen LogP contribution in [0, 0.1) is 11.3 Å². The minimum absolute atomic E-state index is 0.0240. The van der Waals surface area contributed by atoms with E-state index in [1.807, 2.05) is 44.2 Å². The molecule has 2 aliphatic rings. The fraction of sp³-hybridized carbons (Fsp3) is 0.588. The van der Waals surface area contributed by atoms with Gasteiger partial charge >= 0.3 is 12.1 Å². The molecule has 13 nitrogen and oxygen atoms in total. The van der Waals surface area contributed by atoms with Crippen LogP contribution in [0.5, 0.6) is 0 Å². The number of carboxylic acid groups (broad SMARTS) is 1. The summed E-state index contributed by atoms with van der Waals surface area (Å²) >= 11 is 0. The van der Waals surface area contributed by atoms with E-state index >= 15 is 0 Å².